The predicted molar refractivity (Wildman–Crippen MR) is 198 cm³/mol. The van der Waals surface area contributed by atoms with Gasteiger partial charge in [-0.25, -0.2) is 24.9 Å². The number of amides is 3. The minimum absolute atomic E-state index is 0.0954. The van der Waals surface area contributed by atoms with E-state index in [1.165, 1.54) is 19.1 Å². The molecular weight excluding hydrogens is 710 g/mol. The summed E-state index contributed by atoms with van der Waals surface area (Å²) in [7, 11) is 2.62. The minimum atomic E-state index is -1.06. The van der Waals surface area contributed by atoms with Gasteiger partial charge in [0.1, 0.15) is 11.9 Å². The second kappa shape index (κ2) is 21.3. The van der Waals surface area contributed by atoms with Crippen molar-refractivity contribution >= 4 is 29.9 Å². The molecule has 2 aromatic carbocycles. The van der Waals surface area contributed by atoms with Gasteiger partial charge in [-0.1, -0.05) is 54.0 Å². The number of pyridine rings is 1. The second-order valence-corrected chi connectivity index (χ2v) is 12.3. The molecule has 288 valence electrons. The van der Waals surface area contributed by atoms with Gasteiger partial charge in [0, 0.05) is 56.8 Å². The standard InChI is InChI=1S/C39H43N7O9/c1-52-36(48)20-31-18-27(8-4-14-54-38(50)43-23-30-10-12-34(40)42-22-30)17-28(19-31)9-5-15-55-39(51)45-32-21-33(37(49)53-2)46(25-32)35(47)13-11-26-6-3-7-29(16-26)24-44-41/h3,6-7,10,12,16-19,22,32-33,36,41,48H,11,13-15,20-21,23-25H2,1-2H3,(H2,40,42)(H,43,50)(H,45,51). The van der Waals surface area contributed by atoms with E-state index < -0.39 is 36.5 Å². The van der Waals surface area contributed by atoms with Crippen LogP contribution in [-0.2, 0) is 54.5 Å². The second-order valence-electron chi connectivity index (χ2n) is 12.3. The molecule has 1 fully saturated rings. The average Bonchev–Trinajstić information content (AvgIpc) is 3.60. The molecule has 16 nitrogen and oxygen atoms in total. The van der Waals surface area contributed by atoms with Gasteiger partial charge in [0.05, 0.1) is 19.7 Å². The van der Waals surface area contributed by atoms with E-state index in [0.29, 0.717) is 28.9 Å². The third-order valence-electron chi connectivity index (χ3n) is 8.27. The third kappa shape index (κ3) is 13.8. The number of carbonyl (C=O) groups is 4. The van der Waals surface area contributed by atoms with Gasteiger partial charge in [-0.2, -0.15) is 5.11 Å². The molecule has 4 rings (SSSR count). The number of nitrogen functional groups attached to an aromatic ring is 1. The molecule has 1 aromatic heterocycles. The van der Waals surface area contributed by atoms with Crippen molar-refractivity contribution < 1.29 is 43.2 Å². The summed E-state index contributed by atoms with van der Waals surface area (Å²) in [6.45, 7) is 0.0980. The van der Waals surface area contributed by atoms with Gasteiger partial charge < -0.3 is 45.3 Å². The van der Waals surface area contributed by atoms with E-state index in [1.54, 1.807) is 36.5 Å². The summed E-state index contributed by atoms with van der Waals surface area (Å²) in [6.07, 6.45) is -0.0751. The molecule has 3 atom stereocenters. The Hall–Kier alpha value is -6.49. The first-order valence-corrected chi connectivity index (χ1v) is 17.2. The Labute approximate surface area is 318 Å². The van der Waals surface area contributed by atoms with Gasteiger partial charge in [0.25, 0.3) is 0 Å². The van der Waals surface area contributed by atoms with Gasteiger partial charge in [-0.05, 0) is 52.9 Å². The van der Waals surface area contributed by atoms with Crippen LogP contribution in [0.2, 0.25) is 0 Å². The fraction of sp³-hybridized carbons (Fsp3) is 0.359. The average molecular weight is 754 g/mol. The number of anilines is 1. The number of nitrogens with two attached hydrogens (primary N) is 1. The smallest absolute Gasteiger partial charge is 0.408 e. The van der Waals surface area contributed by atoms with Crippen LogP contribution in [0.5, 0.6) is 0 Å². The fourth-order valence-electron chi connectivity index (χ4n) is 5.64. The van der Waals surface area contributed by atoms with Crippen LogP contribution in [0.15, 0.2) is 65.9 Å². The lowest BCUT2D eigenvalue weighted by molar-refractivity contribution is -0.150. The molecule has 16 heteroatoms. The Bertz CT molecular complexity index is 1950. The molecule has 1 saturated heterocycles. The molecule has 3 aromatic rings. The van der Waals surface area contributed by atoms with Gasteiger partial charge in [-0.3, -0.25) is 4.79 Å². The number of likely N-dealkylation sites (tertiary alicyclic amines) is 1. The zero-order chi connectivity index (χ0) is 39.6. The van der Waals surface area contributed by atoms with E-state index >= 15 is 0 Å². The van der Waals surface area contributed by atoms with E-state index in [2.05, 4.69) is 44.4 Å². The van der Waals surface area contributed by atoms with E-state index in [1.807, 2.05) is 24.3 Å². The molecule has 0 bridgehead atoms. The molecule has 0 saturated carbocycles. The summed E-state index contributed by atoms with van der Waals surface area (Å²) >= 11 is 0. The molecule has 0 radical (unpaired) electrons. The number of ether oxygens (including phenoxy) is 4. The number of aromatic nitrogens is 1. The Balaban J connectivity index is 1.29. The number of aryl methyl sites for hydroxylation is 1. The topological polar surface area (TPSA) is 228 Å². The molecule has 0 spiro atoms. The van der Waals surface area contributed by atoms with Crippen LogP contribution in [-0.4, -0.2) is 91.4 Å². The SMILES string of the molecule is COC(=O)C1CC(NC(=O)OCC#Cc2cc(C#CCOC(=O)NCc3ccc(N)nc3)cc(CC(O)OC)c2)CN1C(=O)CCc1cccc(CN=N)c1. The highest BCUT2D eigenvalue weighted by Gasteiger charge is 2.40. The molecule has 2 heterocycles. The van der Waals surface area contributed by atoms with Crippen LogP contribution in [0.25, 0.3) is 0 Å². The zero-order valence-electron chi connectivity index (χ0n) is 30.5. The van der Waals surface area contributed by atoms with Gasteiger partial charge >= 0.3 is 18.2 Å². The maximum Gasteiger partial charge on any atom is 0.408 e. The lowest BCUT2D eigenvalue weighted by Crippen LogP contribution is -2.42. The summed E-state index contributed by atoms with van der Waals surface area (Å²) in [5.41, 5.74) is 16.9. The van der Waals surface area contributed by atoms with Crippen molar-refractivity contribution in [2.24, 2.45) is 5.11 Å². The number of rotatable bonds is 14. The first kappa shape index (κ1) is 41.3. The monoisotopic (exact) mass is 753 g/mol. The maximum atomic E-state index is 13.2. The molecule has 1 aliphatic rings. The first-order chi connectivity index (χ1) is 26.6. The van der Waals surface area contributed by atoms with Crippen molar-refractivity contribution in [2.75, 3.05) is 39.7 Å². The predicted octanol–water partition coefficient (Wildman–Crippen LogP) is 2.83. The normalized spacial score (nSPS) is 14.9. The summed E-state index contributed by atoms with van der Waals surface area (Å²) in [4.78, 5) is 55.8. The van der Waals surface area contributed by atoms with Crippen molar-refractivity contribution in [1.82, 2.24) is 20.5 Å². The summed E-state index contributed by atoms with van der Waals surface area (Å²) in [5.74, 6) is 10.9. The van der Waals surface area contributed by atoms with Crippen LogP contribution in [0.1, 0.15) is 46.2 Å². The number of alkyl carbamates (subject to hydrolysis) is 2. The lowest BCUT2D eigenvalue weighted by Gasteiger charge is -2.22. The Morgan fingerprint density at radius 2 is 1.69 bits per heavy atom. The molecular formula is C39H43N7O9. The number of carbonyl (C=O) groups excluding carboxylic acids is 4. The summed E-state index contributed by atoms with van der Waals surface area (Å²) in [6, 6.07) is 14.6. The lowest BCUT2D eigenvalue weighted by atomic mass is 10.0. The molecule has 3 unspecified atom stereocenters. The Morgan fingerprint density at radius 1 is 0.982 bits per heavy atom. The number of esters is 1. The number of hydrogen-bond donors (Lipinski definition) is 5. The third-order valence-corrected chi connectivity index (χ3v) is 8.27. The van der Waals surface area contributed by atoms with Crippen molar-refractivity contribution in [3.63, 3.8) is 0 Å². The van der Waals surface area contributed by atoms with E-state index in [9.17, 15) is 24.3 Å². The number of hydrogen-bond acceptors (Lipinski definition) is 13. The highest BCUT2D eigenvalue weighted by atomic mass is 16.6. The molecule has 3 amide bonds. The minimum Gasteiger partial charge on any atom is -0.467 e. The summed E-state index contributed by atoms with van der Waals surface area (Å²) < 4.78 is 20.3. The van der Waals surface area contributed by atoms with Crippen molar-refractivity contribution in [3.8, 4) is 23.7 Å². The Morgan fingerprint density at radius 3 is 2.35 bits per heavy atom. The van der Waals surface area contributed by atoms with Gasteiger partial charge in [-0.15, -0.1) is 0 Å². The quantitative estimate of drug-likeness (QED) is 0.0529. The van der Waals surface area contributed by atoms with Crippen molar-refractivity contribution in [1.29, 1.82) is 5.53 Å². The summed E-state index contributed by atoms with van der Waals surface area (Å²) in [5, 5.41) is 18.7. The van der Waals surface area contributed by atoms with E-state index in [4.69, 9.17) is 30.2 Å². The van der Waals surface area contributed by atoms with Gasteiger partial charge in [0.2, 0.25) is 5.91 Å². The van der Waals surface area contributed by atoms with Crippen LogP contribution < -0.4 is 16.4 Å². The molecule has 55 heavy (non-hydrogen) atoms. The number of nitrogens with one attached hydrogen (secondary N) is 3. The number of benzene rings is 2. The van der Waals surface area contributed by atoms with Crippen LogP contribution in [0.4, 0.5) is 15.4 Å². The molecule has 0 aliphatic carbocycles. The van der Waals surface area contributed by atoms with Crippen molar-refractivity contribution in [2.45, 2.75) is 57.1 Å². The zero-order valence-corrected chi connectivity index (χ0v) is 30.5. The van der Waals surface area contributed by atoms with Crippen LogP contribution in [0, 0.1) is 29.2 Å². The highest BCUT2D eigenvalue weighted by molar-refractivity contribution is 5.85. The number of nitrogens with zero attached hydrogens (tertiary/aromatic N) is 3. The highest BCUT2D eigenvalue weighted by Crippen LogP contribution is 2.22. The van der Waals surface area contributed by atoms with E-state index in [-0.39, 0.29) is 58.0 Å². The Kier molecular flexibility index (Phi) is 16.0. The number of methoxy groups -OCH3 is 2. The molecule has 1 aliphatic heterocycles. The largest absolute Gasteiger partial charge is 0.467 e. The molecule has 6 N–H and O–H groups in total. The van der Waals surface area contributed by atoms with Crippen LogP contribution in [0.3, 0.4) is 0 Å². The first-order valence-electron chi connectivity index (χ1n) is 17.2. The van der Waals surface area contributed by atoms with Crippen molar-refractivity contribution in [3.05, 3.63) is 94.2 Å². The van der Waals surface area contributed by atoms with E-state index in [0.717, 1.165) is 16.7 Å². The number of aliphatic hydroxyl groups is 1. The van der Waals surface area contributed by atoms with Crippen LogP contribution >= 0.6 is 0 Å². The fourth-order valence-corrected chi connectivity index (χ4v) is 5.64. The number of aliphatic hydroxyl groups excluding tert-OH is 1. The maximum absolute atomic E-state index is 13.2. The van der Waals surface area contributed by atoms with Gasteiger partial charge in [0.15, 0.2) is 19.5 Å².